The topological polar surface area (TPSA) is 17.8 Å². The van der Waals surface area contributed by atoms with Gasteiger partial charge in [0.15, 0.2) is 0 Å². The zero-order valence-corrected chi connectivity index (χ0v) is 9.07. The predicted octanol–water partition coefficient (Wildman–Crippen LogP) is 3.13. The lowest BCUT2D eigenvalue weighted by atomic mass is 9.95. The van der Waals surface area contributed by atoms with E-state index in [4.69, 9.17) is 0 Å². The molecule has 0 saturated carbocycles. The van der Waals surface area contributed by atoms with Crippen molar-refractivity contribution in [3.8, 4) is 0 Å². The molecule has 0 aromatic carbocycles. The van der Waals surface area contributed by atoms with Gasteiger partial charge in [-0.25, -0.2) is 0 Å². The lowest BCUT2D eigenvalue weighted by Gasteiger charge is -2.23. The molecule has 1 aromatic rings. The molecule has 0 unspecified atom stereocenters. The Morgan fingerprint density at radius 3 is 2.31 bits per heavy atom. The van der Waals surface area contributed by atoms with Crippen molar-refractivity contribution < 1.29 is 0 Å². The van der Waals surface area contributed by atoms with Crippen molar-refractivity contribution in [1.82, 2.24) is 9.78 Å². The van der Waals surface area contributed by atoms with Crippen molar-refractivity contribution in [2.75, 3.05) is 0 Å². The predicted molar refractivity (Wildman–Crippen MR) is 55.6 cm³/mol. The van der Waals surface area contributed by atoms with Crippen LogP contribution in [0.25, 0.3) is 0 Å². The van der Waals surface area contributed by atoms with Crippen LogP contribution in [0.4, 0.5) is 0 Å². The Balaban J connectivity index is 2.69. The van der Waals surface area contributed by atoms with E-state index in [2.05, 4.69) is 43.7 Å². The molecule has 0 aliphatic carbocycles. The summed E-state index contributed by atoms with van der Waals surface area (Å²) in [5, 5.41) is 4.31. The fourth-order valence-corrected chi connectivity index (χ4v) is 1.65. The highest BCUT2D eigenvalue weighted by atomic mass is 15.3. The Labute approximate surface area is 81.0 Å². The van der Waals surface area contributed by atoms with Crippen LogP contribution in [0.3, 0.4) is 0 Å². The van der Waals surface area contributed by atoms with Crippen molar-refractivity contribution in [3.05, 3.63) is 18.5 Å². The van der Waals surface area contributed by atoms with Gasteiger partial charge >= 0.3 is 0 Å². The van der Waals surface area contributed by atoms with E-state index in [1.165, 1.54) is 6.42 Å². The Bertz CT molecular complexity index is 224. The van der Waals surface area contributed by atoms with E-state index in [-0.39, 0.29) is 0 Å². The summed E-state index contributed by atoms with van der Waals surface area (Å²) in [5.41, 5.74) is 0. The molecule has 2 nitrogen and oxygen atoms in total. The maximum atomic E-state index is 4.31. The smallest absolute Gasteiger partial charge is 0.0544 e. The fraction of sp³-hybridized carbons (Fsp3) is 0.727. The van der Waals surface area contributed by atoms with Crippen LogP contribution in [0.1, 0.15) is 40.2 Å². The van der Waals surface area contributed by atoms with E-state index in [9.17, 15) is 0 Å². The average Bonchev–Trinajstić information content (AvgIpc) is 2.50. The highest BCUT2D eigenvalue weighted by molar-refractivity contribution is 4.83. The Kier molecular flexibility index (Phi) is 3.52. The summed E-state index contributed by atoms with van der Waals surface area (Å²) < 4.78 is 2.09. The van der Waals surface area contributed by atoms with Crippen LogP contribution in [0.15, 0.2) is 18.5 Å². The molecule has 0 aliphatic heterocycles. The second kappa shape index (κ2) is 4.45. The van der Waals surface area contributed by atoms with Gasteiger partial charge in [-0.3, -0.25) is 4.68 Å². The van der Waals surface area contributed by atoms with Gasteiger partial charge in [0.1, 0.15) is 0 Å². The average molecular weight is 180 g/mol. The van der Waals surface area contributed by atoms with E-state index >= 15 is 0 Å². The molecule has 0 spiro atoms. The van der Waals surface area contributed by atoms with E-state index in [0.717, 1.165) is 5.92 Å². The lowest BCUT2D eigenvalue weighted by Crippen LogP contribution is -2.17. The molecule has 2 heteroatoms. The van der Waals surface area contributed by atoms with Gasteiger partial charge < -0.3 is 0 Å². The molecular formula is C11H20N2. The third-order valence-corrected chi connectivity index (χ3v) is 2.35. The molecule has 0 fully saturated rings. The zero-order chi connectivity index (χ0) is 9.84. The second-order valence-corrected chi connectivity index (χ2v) is 4.43. The molecule has 74 valence electrons. The monoisotopic (exact) mass is 180 g/mol. The van der Waals surface area contributed by atoms with Crippen molar-refractivity contribution in [3.63, 3.8) is 0 Å². The third-order valence-electron chi connectivity index (χ3n) is 2.35. The van der Waals surface area contributed by atoms with Crippen LogP contribution >= 0.6 is 0 Å². The molecule has 0 aliphatic rings. The molecule has 0 amide bonds. The summed E-state index contributed by atoms with van der Waals surface area (Å²) in [7, 11) is 0. The van der Waals surface area contributed by atoms with Crippen LogP contribution in [-0.4, -0.2) is 9.78 Å². The Hall–Kier alpha value is -0.790. The van der Waals surface area contributed by atoms with Crippen LogP contribution in [0.5, 0.6) is 0 Å². The summed E-state index contributed by atoms with van der Waals surface area (Å²) in [6.45, 7) is 9.04. The van der Waals surface area contributed by atoms with Crippen molar-refractivity contribution in [2.45, 2.75) is 40.2 Å². The maximum Gasteiger partial charge on any atom is 0.0544 e. The first-order chi connectivity index (χ1) is 6.11. The van der Waals surface area contributed by atoms with Crippen molar-refractivity contribution >= 4 is 0 Å². The van der Waals surface area contributed by atoms with Gasteiger partial charge in [-0.15, -0.1) is 0 Å². The SMILES string of the molecule is CC(C)C[C@H](C(C)C)n1cccn1. The molecule has 0 radical (unpaired) electrons. The number of nitrogens with zero attached hydrogens (tertiary/aromatic N) is 2. The molecule has 0 N–H and O–H groups in total. The maximum absolute atomic E-state index is 4.31. The van der Waals surface area contributed by atoms with E-state index in [1.807, 2.05) is 12.3 Å². The first-order valence-electron chi connectivity index (χ1n) is 5.10. The summed E-state index contributed by atoms with van der Waals surface area (Å²) in [6.07, 6.45) is 5.13. The highest BCUT2D eigenvalue weighted by Crippen LogP contribution is 2.24. The minimum Gasteiger partial charge on any atom is -0.269 e. The van der Waals surface area contributed by atoms with Gasteiger partial charge in [-0.2, -0.15) is 5.10 Å². The van der Waals surface area contributed by atoms with Crippen LogP contribution in [-0.2, 0) is 0 Å². The van der Waals surface area contributed by atoms with E-state index < -0.39 is 0 Å². The van der Waals surface area contributed by atoms with Gasteiger partial charge in [-0.05, 0) is 24.3 Å². The Morgan fingerprint density at radius 2 is 1.92 bits per heavy atom. The Morgan fingerprint density at radius 1 is 1.23 bits per heavy atom. The first-order valence-corrected chi connectivity index (χ1v) is 5.10. The number of hydrogen-bond donors (Lipinski definition) is 0. The number of hydrogen-bond acceptors (Lipinski definition) is 1. The largest absolute Gasteiger partial charge is 0.269 e. The summed E-state index contributed by atoms with van der Waals surface area (Å²) in [6, 6.07) is 2.55. The van der Waals surface area contributed by atoms with Crippen LogP contribution < -0.4 is 0 Å². The third kappa shape index (κ3) is 2.87. The second-order valence-electron chi connectivity index (χ2n) is 4.43. The minimum absolute atomic E-state index is 0.551. The van der Waals surface area contributed by atoms with Crippen molar-refractivity contribution in [2.24, 2.45) is 11.8 Å². The van der Waals surface area contributed by atoms with Crippen LogP contribution in [0, 0.1) is 11.8 Å². The van der Waals surface area contributed by atoms with E-state index in [0.29, 0.717) is 12.0 Å². The molecule has 13 heavy (non-hydrogen) atoms. The molecule has 0 saturated heterocycles. The van der Waals surface area contributed by atoms with Gasteiger partial charge in [0, 0.05) is 12.4 Å². The molecule has 1 rings (SSSR count). The molecule has 1 heterocycles. The van der Waals surface area contributed by atoms with E-state index in [1.54, 1.807) is 0 Å². The van der Waals surface area contributed by atoms with Crippen molar-refractivity contribution in [1.29, 1.82) is 0 Å². The summed E-state index contributed by atoms with van der Waals surface area (Å²) in [5.74, 6) is 1.39. The quantitative estimate of drug-likeness (QED) is 0.696. The minimum atomic E-state index is 0.551. The number of rotatable bonds is 4. The standard InChI is InChI=1S/C11H20N2/c1-9(2)8-11(10(3)4)13-7-5-6-12-13/h5-7,9-11H,8H2,1-4H3/t11-/m1/s1. The summed E-state index contributed by atoms with van der Waals surface area (Å²) >= 11 is 0. The van der Waals surface area contributed by atoms with Gasteiger partial charge in [0.05, 0.1) is 6.04 Å². The van der Waals surface area contributed by atoms with Crippen LogP contribution in [0.2, 0.25) is 0 Å². The molecular weight excluding hydrogens is 160 g/mol. The first kappa shape index (κ1) is 10.3. The summed E-state index contributed by atoms with van der Waals surface area (Å²) in [4.78, 5) is 0. The molecule has 0 bridgehead atoms. The van der Waals surface area contributed by atoms with Gasteiger partial charge in [0.2, 0.25) is 0 Å². The zero-order valence-electron chi connectivity index (χ0n) is 9.07. The van der Waals surface area contributed by atoms with Gasteiger partial charge in [-0.1, -0.05) is 27.7 Å². The normalized spacial score (nSPS) is 14.0. The fourth-order valence-electron chi connectivity index (χ4n) is 1.65. The molecule has 1 aromatic heterocycles. The van der Waals surface area contributed by atoms with Gasteiger partial charge in [0.25, 0.3) is 0 Å². The highest BCUT2D eigenvalue weighted by Gasteiger charge is 2.16. The number of aromatic nitrogens is 2. The molecule has 1 atom stereocenters. The lowest BCUT2D eigenvalue weighted by molar-refractivity contribution is 0.292.